The molecule has 0 aliphatic carbocycles. The molecule has 95 valence electrons. The molecular formula is C8H11N2O5S2. The van der Waals surface area contributed by atoms with Crippen LogP contribution in [0, 0.1) is 0 Å². The van der Waals surface area contributed by atoms with E-state index in [-0.39, 0.29) is 16.1 Å². The topological polar surface area (TPSA) is 126 Å². The van der Waals surface area contributed by atoms with Crippen molar-refractivity contribution in [2.45, 2.75) is 11.5 Å². The third kappa shape index (κ3) is 3.97. The summed E-state index contributed by atoms with van der Waals surface area (Å²) in [6, 6.07) is 3.53. The van der Waals surface area contributed by atoms with Crippen molar-refractivity contribution in [1.82, 2.24) is 0 Å². The predicted octanol–water partition coefficient (Wildman–Crippen LogP) is -0.364. The zero-order valence-corrected chi connectivity index (χ0v) is 10.5. The average Bonchev–Trinajstić information content (AvgIpc) is 2.13. The summed E-state index contributed by atoms with van der Waals surface area (Å²) in [5.41, 5.74) is 0.0280. The van der Waals surface area contributed by atoms with Crippen molar-refractivity contribution < 1.29 is 21.9 Å². The van der Waals surface area contributed by atoms with Gasteiger partial charge in [-0.2, -0.15) is 0 Å². The fraction of sp³-hybridized carbons (Fsp3) is 0.250. The summed E-state index contributed by atoms with van der Waals surface area (Å²) in [6.07, 6.45) is 0.922. The first kappa shape index (κ1) is 13.9. The largest absolute Gasteiger partial charge is 0.284 e. The van der Waals surface area contributed by atoms with Gasteiger partial charge in [0.1, 0.15) is 6.61 Å². The van der Waals surface area contributed by atoms with Crippen LogP contribution in [0.25, 0.3) is 0 Å². The maximum atomic E-state index is 11.2. The van der Waals surface area contributed by atoms with Crippen LogP contribution in [-0.4, -0.2) is 23.1 Å². The first-order valence-electron chi connectivity index (χ1n) is 4.35. The third-order valence-corrected chi connectivity index (χ3v) is 3.43. The van der Waals surface area contributed by atoms with Crippen LogP contribution in [0.1, 0.15) is 5.56 Å². The molecule has 0 aliphatic rings. The summed E-state index contributed by atoms with van der Waals surface area (Å²) in [6.45, 7) is -0.759. The van der Waals surface area contributed by atoms with Gasteiger partial charge in [0, 0.05) is 11.3 Å². The maximum absolute atomic E-state index is 11.2. The number of nitrogens with two attached hydrogens (primary N) is 1. The summed E-state index contributed by atoms with van der Waals surface area (Å²) >= 11 is 0. The van der Waals surface area contributed by atoms with Gasteiger partial charge in [0.2, 0.25) is 20.0 Å². The van der Waals surface area contributed by atoms with Crippen molar-refractivity contribution in [2.24, 2.45) is 5.14 Å². The van der Waals surface area contributed by atoms with Gasteiger partial charge in [-0.1, -0.05) is 6.07 Å². The molecule has 0 heterocycles. The molecule has 0 fully saturated rings. The van der Waals surface area contributed by atoms with E-state index < -0.39 is 26.7 Å². The number of primary sulfonamides is 1. The average molecular weight is 279 g/mol. The van der Waals surface area contributed by atoms with E-state index in [4.69, 9.17) is 5.14 Å². The first-order chi connectivity index (χ1) is 7.63. The zero-order valence-electron chi connectivity index (χ0n) is 8.87. The summed E-state index contributed by atoms with van der Waals surface area (Å²) < 4.78 is 46.4. The molecule has 0 saturated carbocycles. The Morgan fingerprint density at radius 1 is 1.24 bits per heavy atom. The molecule has 0 spiro atoms. The predicted molar refractivity (Wildman–Crippen MR) is 60.7 cm³/mol. The smallest absolute Gasteiger partial charge is 0.238 e. The van der Waals surface area contributed by atoms with Crippen LogP contribution in [0.2, 0.25) is 0 Å². The van der Waals surface area contributed by atoms with Gasteiger partial charge in [-0.3, -0.25) is 4.72 Å². The Bertz CT molecular complexity index is 621. The summed E-state index contributed by atoms with van der Waals surface area (Å²) in [7, 11) is -7.58. The molecule has 1 rings (SSSR count). The monoisotopic (exact) mass is 279 g/mol. The highest BCUT2D eigenvalue weighted by atomic mass is 32.2. The molecule has 1 radical (unpaired) electrons. The maximum Gasteiger partial charge on any atom is 0.238 e. The summed E-state index contributed by atoms with van der Waals surface area (Å²) in [4.78, 5) is -0.374. The van der Waals surface area contributed by atoms with E-state index in [1.54, 1.807) is 0 Å². The van der Waals surface area contributed by atoms with E-state index in [2.05, 4.69) is 4.72 Å². The second-order valence-electron chi connectivity index (χ2n) is 3.39. The summed E-state index contributed by atoms with van der Waals surface area (Å²) in [5.74, 6) is 0. The number of benzene rings is 1. The van der Waals surface area contributed by atoms with Crippen molar-refractivity contribution in [3.05, 3.63) is 23.8 Å². The van der Waals surface area contributed by atoms with E-state index >= 15 is 0 Å². The fourth-order valence-electron chi connectivity index (χ4n) is 1.22. The lowest BCUT2D eigenvalue weighted by molar-refractivity contribution is 0.175. The molecule has 0 amide bonds. The van der Waals surface area contributed by atoms with Gasteiger partial charge in [-0.15, -0.1) is 0 Å². The molecule has 0 aromatic heterocycles. The Morgan fingerprint density at radius 3 is 2.24 bits per heavy atom. The van der Waals surface area contributed by atoms with Crippen molar-refractivity contribution in [2.75, 3.05) is 11.0 Å². The van der Waals surface area contributed by atoms with Crippen LogP contribution < -0.4 is 9.86 Å². The number of hydrogen-bond acceptors (Lipinski definition) is 4. The molecule has 0 atom stereocenters. The Labute approximate surface area is 99.4 Å². The van der Waals surface area contributed by atoms with Crippen LogP contribution in [-0.2, 0) is 31.8 Å². The quantitative estimate of drug-likeness (QED) is 0.780. The SMILES string of the molecule is CS(=O)(=O)Nc1ccc(C[O])c(S(N)(=O)=O)c1. The molecule has 0 saturated heterocycles. The molecule has 1 aromatic carbocycles. The van der Waals surface area contributed by atoms with Crippen molar-refractivity contribution in [3.8, 4) is 0 Å². The van der Waals surface area contributed by atoms with Crippen LogP contribution in [0.3, 0.4) is 0 Å². The van der Waals surface area contributed by atoms with Crippen molar-refractivity contribution in [3.63, 3.8) is 0 Å². The van der Waals surface area contributed by atoms with Crippen molar-refractivity contribution >= 4 is 25.7 Å². The van der Waals surface area contributed by atoms with Gasteiger partial charge >= 0.3 is 0 Å². The molecule has 0 bridgehead atoms. The normalized spacial score (nSPS) is 12.4. The lowest BCUT2D eigenvalue weighted by Crippen LogP contribution is -2.16. The molecule has 1 aromatic rings. The molecule has 17 heavy (non-hydrogen) atoms. The molecule has 7 nitrogen and oxygen atoms in total. The van der Waals surface area contributed by atoms with Crippen LogP contribution in [0.15, 0.2) is 23.1 Å². The Morgan fingerprint density at radius 2 is 1.82 bits per heavy atom. The highest BCUT2D eigenvalue weighted by Gasteiger charge is 2.15. The second-order valence-corrected chi connectivity index (χ2v) is 6.66. The van der Waals surface area contributed by atoms with E-state index in [1.165, 1.54) is 12.1 Å². The number of rotatable bonds is 4. The second kappa shape index (κ2) is 4.61. The van der Waals surface area contributed by atoms with E-state index in [0.29, 0.717) is 0 Å². The van der Waals surface area contributed by atoms with E-state index in [1.807, 2.05) is 0 Å². The van der Waals surface area contributed by atoms with Crippen molar-refractivity contribution in [1.29, 1.82) is 0 Å². The van der Waals surface area contributed by atoms with Gasteiger partial charge in [0.25, 0.3) is 0 Å². The Hall–Kier alpha value is -1.16. The minimum Gasteiger partial charge on any atom is -0.284 e. The van der Waals surface area contributed by atoms with Crippen LogP contribution >= 0.6 is 0 Å². The lowest BCUT2D eigenvalue weighted by Gasteiger charge is -2.08. The van der Waals surface area contributed by atoms with Crippen LogP contribution in [0.5, 0.6) is 0 Å². The molecule has 3 N–H and O–H groups in total. The minimum atomic E-state index is -4.06. The zero-order chi connectivity index (χ0) is 13.3. The summed E-state index contributed by atoms with van der Waals surface area (Å²) in [5, 5.41) is 15.7. The van der Waals surface area contributed by atoms with E-state index in [9.17, 15) is 21.9 Å². The van der Waals surface area contributed by atoms with Gasteiger partial charge < -0.3 is 0 Å². The first-order valence-corrected chi connectivity index (χ1v) is 7.79. The molecular weight excluding hydrogens is 268 g/mol. The number of sulfonamides is 2. The standard InChI is InChI=1S/C8H11N2O5S2/c1-16(12,13)10-7-3-2-6(5-11)8(4-7)17(9,14)15/h2-4,10H,5H2,1H3,(H2,9,14,15). The highest BCUT2D eigenvalue weighted by molar-refractivity contribution is 7.92. The minimum absolute atomic E-state index is 0.00782. The third-order valence-electron chi connectivity index (χ3n) is 1.83. The van der Waals surface area contributed by atoms with Gasteiger partial charge in [0.15, 0.2) is 0 Å². The van der Waals surface area contributed by atoms with E-state index in [0.717, 1.165) is 12.3 Å². The molecule has 0 unspecified atom stereocenters. The molecule has 9 heteroatoms. The van der Waals surface area contributed by atoms with Gasteiger partial charge in [0.05, 0.1) is 11.2 Å². The van der Waals surface area contributed by atoms with Gasteiger partial charge in [-0.05, 0) is 12.1 Å². The Balaban J connectivity index is 3.33. The highest BCUT2D eigenvalue weighted by Crippen LogP contribution is 2.20. The fourth-order valence-corrected chi connectivity index (χ4v) is 2.55. The number of hydrogen-bond donors (Lipinski definition) is 2. The Kier molecular flexibility index (Phi) is 3.77. The molecule has 0 aliphatic heterocycles. The number of nitrogens with one attached hydrogen (secondary N) is 1. The van der Waals surface area contributed by atoms with Crippen LogP contribution in [0.4, 0.5) is 5.69 Å². The lowest BCUT2D eigenvalue weighted by atomic mass is 10.2. The van der Waals surface area contributed by atoms with Gasteiger partial charge in [-0.25, -0.2) is 27.1 Å². The number of anilines is 1.